The molecule has 2 saturated heterocycles. The largest absolute Gasteiger partial charge is 0.355 e. The van der Waals surface area contributed by atoms with E-state index in [0.717, 1.165) is 31.9 Å². The van der Waals surface area contributed by atoms with Gasteiger partial charge < -0.3 is 4.90 Å². The fraction of sp³-hybridized carbons (Fsp3) is 0.474. The molecule has 5 nitrogen and oxygen atoms in total. The minimum absolute atomic E-state index is 0.518. The molecule has 0 amide bonds. The van der Waals surface area contributed by atoms with Crippen molar-refractivity contribution in [3.8, 4) is 0 Å². The van der Waals surface area contributed by atoms with Crippen molar-refractivity contribution in [2.75, 3.05) is 24.5 Å². The van der Waals surface area contributed by atoms with Gasteiger partial charge in [-0.3, -0.25) is 15.8 Å². The molecular weight excluding hydrogens is 298 g/mol. The zero-order valence-electron chi connectivity index (χ0n) is 13.9. The zero-order chi connectivity index (χ0) is 16.2. The molecule has 3 unspecified atom stereocenters. The van der Waals surface area contributed by atoms with Gasteiger partial charge in [-0.15, -0.1) is 0 Å². The normalized spacial score (nSPS) is 27.3. The monoisotopic (exact) mass is 323 g/mol. The third-order valence-corrected chi connectivity index (χ3v) is 5.32. The molecule has 1 aromatic heterocycles. The van der Waals surface area contributed by atoms with Gasteiger partial charge in [0.1, 0.15) is 5.82 Å². The van der Waals surface area contributed by atoms with Crippen molar-refractivity contribution in [3.05, 3.63) is 54.5 Å². The molecular formula is C19H25N5. The van der Waals surface area contributed by atoms with Gasteiger partial charge in [0.2, 0.25) is 0 Å². The predicted octanol–water partition coefficient (Wildman–Crippen LogP) is 2.03. The van der Waals surface area contributed by atoms with Crippen LogP contribution in [-0.4, -0.2) is 35.6 Å². The quantitative estimate of drug-likeness (QED) is 0.902. The van der Waals surface area contributed by atoms with E-state index in [1.165, 1.54) is 18.4 Å². The lowest BCUT2D eigenvalue weighted by atomic mass is 9.81. The van der Waals surface area contributed by atoms with E-state index in [0.29, 0.717) is 17.9 Å². The molecule has 2 aromatic rings. The van der Waals surface area contributed by atoms with Crippen LogP contribution in [-0.2, 0) is 6.42 Å². The van der Waals surface area contributed by atoms with Gasteiger partial charge >= 0.3 is 0 Å². The molecule has 126 valence electrons. The number of hydrogen-bond donors (Lipinski definition) is 2. The Morgan fingerprint density at radius 1 is 1.17 bits per heavy atom. The molecule has 2 aliphatic heterocycles. The van der Waals surface area contributed by atoms with E-state index in [2.05, 4.69) is 56.1 Å². The molecule has 4 rings (SSSR count). The van der Waals surface area contributed by atoms with E-state index in [9.17, 15) is 0 Å². The van der Waals surface area contributed by atoms with Crippen LogP contribution in [0.2, 0.25) is 0 Å². The third-order valence-electron chi connectivity index (χ3n) is 5.32. The SMILES string of the molecule is c1ccc(CC2CNNC2C2CCCN(c3cnccn3)C2)cc1. The first kappa shape index (κ1) is 15.5. The highest BCUT2D eigenvalue weighted by molar-refractivity contribution is 5.35. The molecule has 3 atom stereocenters. The average Bonchev–Trinajstić information content (AvgIpc) is 3.12. The van der Waals surface area contributed by atoms with E-state index >= 15 is 0 Å². The van der Waals surface area contributed by atoms with Gasteiger partial charge in [0, 0.05) is 38.1 Å². The van der Waals surface area contributed by atoms with Crippen LogP contribution >= 0.6 is 0 Å². The lowest BCUT2D eigenvalue weighted by molar-refractivity contribution is 0.275. The number of anilines is 1. The highest BCUT2D eigenvalue weighted by Gasteiger charge is 2.36. The summed E-state index contributed by atoms with van der Waals surface area (Å²) in [4.78, 5) is 11.1. The maximum absolute atomic E-state index is 4.48. The molecule has 3 heterocycles. The summed E-state index contributed by atoms with van der Waals surface area (Å²) in [7, 11) is 0. The minimum atomic E-state index is 0.518. The first-order valence-corrected chi connectivity index (χ1v) is 8.93. The third kappa shape index (κ3) is 3.42. The summed E-state index contributed by atoms with van der Waals surface area (Å²) in [6, 6.07) is 11.4. The van der Waals surface area contributed by atoms with Gasteiger partial charge in [0.25, 0.3) is 0 Å². The van der Waals surface area contributed by atoms with Crippen molar-refractivity contribution in [3.63, 3.8) is 0 Å². The topological polar surface area (TPSA) is 53.1 Å². The van der Waals surface area contributed by atoms with Gasteiger partial charge in [0.05, 0.1) is 6.20 Å². The molecule has 0 aliphatic carbocycles. The van der Waals surface area contributed by atoms with Gasteiger partial charge in [-0.1, -0.05) is 30.3 Å². The second kappa shape index (κ2) is 7.28. The van der Waals surface area contributed by atoms with Crippen molar-refractivity contribution < 1.29 is 0 Å². The van der Waals surface area contributed by atoms with E-state index in [1.807, 2.05) is 6.20 Å². The number of nitrogens with one attached hydrogen (secondary N) is 2. The van der Waals surface area contributed by atoms with Gasteiger partial charge in [-0.25, -0.2) is 4.98 Å². The first-order valence-electron chi connectivity index (χ1n) is 8.93. The molecule has 5 heteroatoms. The zero-order valence-corrected chi connectivity index (χ0v) is 13.9. The van der Waals surface area contributed by atoms with Crippen molar-refractivity contribution in [2.45, 2.75) is 25.3 Å². The second-order valence-electron chi connectivity index (χ2n) is 6.91. The Balaban J connectivity index is 1.44. The number of benzene rings is 1. The molecule has 1 aromatic carbocycles. The Kier molecular flexibility index (Phi) is 4.71. The summed E-state index contributed by atoms with van der Waals surface area (Å²) in [6.07, 6.45) is 9.03. The second-order valence-corrected chi connectivity index (χ2v) is 6.91. The van der Waals surface area contributed by atoms with Gasteiger partial charge in [0.15, 0.2) is 0 Å². The Hall–Kier alpha value is -1.98. The Morgan fingerprint density at radius 3 is 2.92 bits per heavy atom. The summed E-state index contributed by atoms with van der Waals surface area (Å²) in [6.45, 7) is 3.18. The summed E-state index contributed by atoms with van der Waals surface area (Å²) < 4.78 is 0. The summed E-state index contributed by atoms with van der Waals surface area (Å²) in [5.41, 5.74) is 8.38. The highest BCUT2D eigenvalue weighted by atomic mass is 15.4. The molecule has 0 bridgehead atoms. The molecule has 2 fully saturated rings. The Bertz CT molecular complexity index is 633. The lowest BCUT2D eigenvalue weighted by Crippen LogP contribution is -2.47. The van der Waals surface area contributed by atoms with Crippen LogP contribution in [0.1, 0.15) is 18.4 Å². The van der Waals surface area contributed by atoms with Gasteiger partial charge in [-0.05, 0) is 36.7 Å². The lowest BCUT2D eigenvalue weighted by Gasteiger charge is -2.37. The molecule has 0 saturated carbocycles. The Labute approximate surface area is 143 Å². The number of aromatic nitrogens is 2. The number of piperidine rings is 1. The summed E-state index contributed by atoms with van der Waals surface area (Å²) in [5.74, 6) is 2.29. The van der Waals surface area contributed by atoms with E-state index in [1.54, 1.807) is 12.4 Å². The van der Waals surface area contributed by atoms with Crippen LogP contribution < -0.4 is 15.8 Å². The Morgan fingerprint density at radius 2 is 2.08 bits per heavy atom. The molecule has 2 aliphatic rings. The van der Waals surface area contributed by atoms with Gasteiger partial charge in [-0.2, -0.15) is 0 Å². The minimum Gasteiger partial charge on any atom is -0.355 e. The first-order chi connectivity index (χ1) is 11.9. The number of nitrogens with zero attached hydrogens (tertiary/aromatic N) is 3. The molecule has 2 N–H and O–H groups in total. The smallest absolute Gasteiger partial charge is 0.147 e. The average molecular weight is 323 g/mol. The van der Waals surface area contributed by atoms with Crippen LogP contribution in [0.4, 0.5) is 5.82 Å². The molecule has 0 spiro atoms. The predicted molar refractivity (Wildman–Crippen MR) is 95.5 cm³/mol. The van der Waals surface area contributed by atoms with Crippen molar-refractivity contribution in [2.24, 2.45) is 11.8 Å². The van der Waals surface area contributed by atoms with Crippen LogP contribution in [0.15, 0.2) is 48.9 Å². The summed E-state index contributed by atoms with van der Waals surface area (Å²) in [5, 5.41) is 0. The standard InChI is InChI=1S/C19H25N5/c1-2-5-15(6-3-1)11-17-12-22-23-19(17)16-7-4-10-24(14-16)18-13-20-8-9-21-18/h1-3,5-6,8-9,13,16-17,19,22-23H,4,7,10-12,14H2. The van der Waals surface area contributed by atoms with Crippen molar-refractivity contribution >= 4 is 5.82 Å². The fourth-order valence-electron chi connectivity index (χ4n) is 4.14. The van der Waals surface area contributed by atoms with E-state index in [-0.39, 0.29) is 0 Å². The molecule has 0 radical (unpaired) electrons. The van der Waals surface area contributed by atoms with Crippen LogP contribution in [0.3, 0.4) is 0 Å². The number of rotatable bonds is 4. The number of hydrogen-bond acceptors (Lipinski definition) is 5. The maximum Gasteiger partial charge on any atom is 0.147 e. The van der Waals surface area contributed by atoms with E-state index < -0.39 is 0 Å². The van der Waals surface area contributed by atoms with E-state index in [4.69, 9.17) is 0 Å². The van der Waals surface area contributed by atoms with Crippen molar-refractivity contribution in [1.82, 2.24) is 20.8 Å². The van der Waals surface area contributed by atoms with Crippen LogP contribution in [0.25, 0.3) is 0 Å². The van der Waals surface area contributed by atoms with Crippen molar-refractivity contribution in [1.29, 1.82) is 0 Å². The molecule has 24 heavy (non-hydrogen) atoms. The van der Waals surface area contributed by atoms with Crippen LogP contribution in [0.5, 0.6) is 0 Å². The number of hydrazine groups is 1. The maximum atomic E-state index is 4.48. The fourth-order valence-corrected chi connectivity index (χ4v) is 4.14. The highest BCUT2D eigenvalue weighted by Crippen LogP contribution is 2.29. The van der Waals surface area contributed by atoms with Crippen LogP contribution in [0, 0.1) is 11.8 Å². The summed E-state index contributed by atoms with van der Waals surface area (Å²) >= 11 is 0.